The molecule has 1 unspecified atom stereocenters. The molecule has 0 aromatic carbocycles. The van der Waals surface area contributed by atoms with Crippen LogP contribution in [0.2, 0.25) is 0 Å². The summed E-state index contributed by atoms with van der Waals surface area (Å²) >= 11 is 1.29. The van der Waals surface area contributed by atoms with Crippen molar-refractivity contribution in [3.8, 4) is 0 Å². The van der Waals surface area contributed by atoms with Gasteiger partial charge in [0.05, 0.1) is 0 Å². The summed E-state index contributed by atoms with van der Waals surface area (Å²) in [5, 5.41) is 5.20. The van der Waals surface area contributed by atoms with E-state index < -0.39 is 10.0 Å². The van der Waals surface area contributed by atoms with Gasteiger partial charge >= 0.3 is 0 Å². The van der Waals surface area contributed by atoms with Gasteiger partial charge in [-0.2, -0.15) is 0 Å². The van der Waals surface area contributed by atoms with E-state index in [0.29, 0.717) is 16.8 Å². The highest BCUT2D eigenvalue weighted by molar-refractivity contribution is 7.91. The molecule has 0 bridgehead atoms. The van der Waals surface area contributed by atoms with Gasteiger partial charge in [-0.05, 0) is 37.0 Å². The van der Waals surface area contributed by atoms with Gasteiger partial charge in [0.2, 0.25) is 10.0 Å². The standard InChI is InChI=1S/C13H23N3O2S2/c1-10(2)14-7-11-6-13(19-9-11)20(17,18)15-12-4-5-16(3)8-12/h6,9-10,12,14-15H,4-5,7-8H2,1-3H3. The predicted molar refractivity (Wildman–Crippen MR) is 82.5 cm³/mol. The number of thiophene rings is 1. The Balaban J connectivity index is 1.99. The molecule has 2 rings (SSSR count). The summed E-state index contributed by atoms with van der Waals surface area (Å²) in [7, 11) is -1.36. The van der Waals surface area contributed by atoms with E-state index in [1.165, 1.54) is 11.3 Å². The van der Waals surface area contributed by atoms with E-state index in [1.807, 2.05) is 12.4 Å². The van der Waals surface area contributed by atoms with E-state index in [9.17, 15) is 8.42 Å². The molecule has 0 radical (unpaired) electrons. The van der Waals surface area contributed by atoms with E-state index in [1.54, 1.807) is 6.07 Å². The molecule has 7 heteroatoms. The Bertz CT molecular complexity index is 540. The van der Waals surface area contributed by atoms with Crippen LogP contribution in [0.3, 0.4) is 0 Å². The smallest absolute Gasteiger partial charge is 0.250 e. The molecule has 2 N–H and O–H groups in total. The van der Waals surface area contributed by atoms with Gasteiger partial charge in [0, 0.05) is 25.2 Å². The Kier molecular flexibility index (Phi) is 5.19. The van der Waals surface area contributed by atoms with Crippen LogP contribution in [-0.4, -0.2) is 45.5 Å². The SMILES string of the molecule is CC(C)NCc1csc(S(=O)(=O)NC2CCN(C)C2)c1. The summed E-state index contributed by atoms with van der Waals surface area (Å²) in [6.45, 7) is 6.58. The topological polar surface area (TPSA) is 61.4 Å². The number of sulfonamides is 1. The summed E-state index contributed by atoms with van der Waals surface area (Å²) < 4.78 is 27.8. The summed E-state index contributed by atoms with van der Waals surface area (Å²) in [5.41, 5.74) is 1.02. The van der Waals surface area contributed by atoms with Crippen molar-refractivity contribution in [3.05, 3.63) is 17.0 Å². The summed E-state index contributed by atoms with van der Waals surface area (Å²) in [6.07, 6.45) is 0.878. The summed E-state index contributed by atoms with van der Waals surface area (Å²) in [5.74, 6) is 0. The lowest BCUT2D eigenvalue weighted by molar-refractivity contribution is 0.407. The molecule has 1 saturated heterocycles. The zero-order chi connectivity index (χ0) is 14.8. The number of nitrogens with one attached hydrogen (secondary N) is 2. The van der Waals surface area contributed by atoms with Gasteiger partial charge in [0.1, 0.15) is 4.21 Å². The summed E-state index contributed by atoms with van der Waals surface area (Å²) in [6, 6.07) is 2.19. The highest BCUT2D eigenvalue weighted by Crippen LogP contribution is 2.21. The van der Waals surface area contributed by atoms with Gasteiger partial charge < -0.3 is 10.2 Å². The first-order chi connectivity index (χ1) is 9.37. The van der Waals surface area contributed by atoms with Crippen LogP contribution in [0.5, 0.6) is 0 Å². The molecule has 114 valence electrons. The predicted octanol–water partition coefficient (Wildman–Crippen LogP) is 1.23. The second-order valence-electron chi connectivity index (χ2n) is 5.68. The largest absolute Gasteiger partial charge is 0.310 e. The average molecular weight is 317 g/mol. The molecule has 1 fully saturated rings. The van der Waals surface area contributed by atoms with Gasteiger partial charge in [-0.25, -0.2) is 13.1 Å². The Morgan fingerprint density at radius 2 is 2.25 bits per heavy atom. The molecular weight excluding hydrogens is 294 g/mol. The normalized spacial score (nSPS) is 20.9. The number of likely N-dealkylation sites (N-methyl/N-ethyl adjacent to an activating group) is 1. The molecular formula is C13H23N3O2S2. The fourth-order valence-electron chi connectivity index (χ4n) is 2.22. The molecule has 1 aliphatic rings. The van der Waals surface area contributed by atoms with E-state index in [0.717, 1.165) is 25.1 Å². The Morgan fingerprint density at radius 3 is 2.85 bits per heavy atom. The minimum atomic E-state index is -3.37. The summed E-state index contributed by atoms with van der Waals surface area (Å²) in [4.78, 5) is 2.14. The number of nitrogens with zero attached hydrogens (tertiary/aromatic N) is 1. The quantitative estimate of drug-likeness (QED) is 0.828. The van der Waals surface area contributed by atoms with E-state index >= 15 is 0 Å². The fraction of sp³-hybridized carbons (Fsp3) is 0.692. The van der Waals surface area contributed by atoms with Crippen molar-refractivity contribution in [1.82, 2.24) is 14.9 Å². The first kappa shape index (κ1) is 15.9. The zero-order valence-electron chi connectivity index (χ0n) is 12.2. The van der Waals surface area contributed by atoms with Crippen LogP contribution < -0.4 is 10.0 Å². The van der Waals surface area contributed by atoms with Gasteiger partial charge in [-0.1, -0.05) is 13.8 Å². The Morgan fingerprint density at radius 1 is 1.50 bits per heavy atom. The van der Waals surface area contributed by atoms with Crippen LogP contribution >= 0.6 is 11.3 Å². The molecule has 1 atom stereocenters. The van der Waals surface area contributed by atoms with Crippen molar-refractivity contribution >= 4 is 21.4 Å². The molecule has 0 aliphatic carbocycles. The van der Waals surface area contributed by atoms with E-state index in [2.05, 4.69) is 28.8 Å². The molecule has 1 aromatic heterocycles. The molecule has 0 saturated carbocycles. The highest BCUT2D eigenvalue weighted by Gasteiger charge is 2.26. The van der Waals surface area contributed by atoms with Crippen LogP contribution in [0, 0.1) is 0 Å². The highest BCUT2D eigenvalue weighted by atomic mass is 32.2. The molecule has 2 heterocycles. The van der Waals surface area contributed by atoms with Crippen molar-refractivity contribution in [2.45, 2.75) is 43.1 Å². The fourth-order valence-corrected chi connectivity index (χ4v) is 4.71. The molecule has 0 spiro atoms. The third-order valence-corrected chi connectivity index (χ3v) is 6.33. The van der Waals surface area contributed by atoms with Crippen molar-refractivity contribution in [3.63, 3.8) is 0 Å². The van der Waals surface area contributed by atoms with Crippen molar-refractivity contribution in [1.29, 1.82) is 0 Å². The van der Waals surface area contributed by atoms with Gasteiger partial charge in [-0.15, -0.1) is 11.3 Å². The number of likely N-dealkylation sites (tertiary alicyclic amines) is 1. The monoisotopic (exact) mass is 317 g/mol. The second-order valence-corrected chi connectivity index (χ2v) is 8.53. The molecule has 20 heavy (non-hydrogen) atoms. The Hall–Kier alpha value is -0.470. The van der Waals surface area contributed by atoms with Crippen molar-refractivity contribution in [2.24, 2.45) is 0 Å². The molecule has 0 amide bonds. The first-order valence-electron chi connectivity index (χ1n) is 6.88. The maximum Gasteiger partial charge on any atom is 0.250 e. The second kappa shape index (κ2) is 6.53. The third kappa shape index (κ3) is 4.26. The molecule has 5 nitrogen and oxygen atoms in total. The van der Waals surface area contributed by atoms with Gasteiger partial charge in [0.15, 0.2) is 0 Å². The Labute approximate surface area is 125 Å². The van der Waals surface area contributed by atoms with Crippen LogP contribution in [0.25, 0.3) is 0 Å². The number of rotatable bonds is 6. The van der Waals surface area contributed by atoms with Crippen LogP contribution in [0.4, 0.5) is 0 Å². The third-order valence-electron chi connectivity index (χ3n) is 3.32. The lowest BCUT2D eigenvalue weighted by Gasteiger charge is -2.12. The molecule has 1 aromatic rings. The average Bonchev–Trinajstić information content (AvgIpc) is 2.95. The van der Waals surface area contributed by atoms with Crippen molar-refractivity contribution in [2.75, 3.05) is 20.1 Å². The van der Waals surface area contributed by atoms with E-state index in [-0.39, 0.29) is 6.04 Å². The van der Waals surface area contributed by atoms with E-state index in [4.69, 9.17) is 0 Å². The molecule has 1 aliphatic heterocycles. The minimum Gasteiger partial charge on any atom is -0.310 e. The zero-order valence-corrected chi connectivity index (χ0v) is 13.9. The first-order valence-corrected chi connectivity index (χ1v) is 9.25. The number of hydrogen-bond acceptors (Lipinski definition) is 5. The van der Waals surface area contributed by atoms with Gasteiger partial charge in [-0.3, -0.25) is 0 Å². The van der Waals surface area contributed by atoms with Crippen LogP contribution in [0.15, 0.2) is 15.7 Å². The lowest BCUT2D eigenvalue weighted by atomic mass is 10.3. The lowest BCUT2D eigenvalue weighted by Crippen LogP contribution is -2.36. The van der Waals surface area contributed by atoms with Crippen LogP contribution in [0.1, 0.15) is 25.8 Å². The maximum atomic E-state index is 12.3. The maximum absolute atomic E-state index is 12.3. The van der Waals surface area contributed by atoms with Crippen LogP contribution in [-0.2, 0) is 16.6 Å². The minimum absolute atomic E-state index is 0.0318. The van der Waals surface area contributed by atoms with Gasteiger partial charge in [0.25, 0.3) is 0 Å². The van der Waals surface area contributed by atoms with Crippen molar-refractivity contribution < 1.29 is 8.42 Å². The number of hydrogen-bond donors (Lipinski definition) is 2.